The maximum atomic E-state index is 6.61. The summed E-state index contributed by atoms with van der Waals surface area (Å²) in [5, 5.41) is 3.01. The van der Waals surface area contributed by atoms with Gasteiger partial charge in [0.25, 0.3) is 0 Å². The van der Waals surface area contributed by atoms with Gasteiger partial charge in [-0.3, -0.25) is 4.90 Å². The van der Waals surface area contributed by atoms with Crippen LogP contribution in [-0.2, 0) is 19.6 Å². The van der Waals surface area contributed by atoms with E-state index in [1.807, 2.05) is 6.20 Å². The SMILES string of the molecule is Clc1ncc(-c2cccc3ccccc23)cc1CN(Cc1ccccc1)Cc1ccccc1. The molecule has 0 aliphatic carbocycles. The van der Waals surface area contributed by atoms with Crippen LogP contribution in [0.3, 0.4) is 0 Å². The van der Waals surface area contributed by atoms with Crippen molar-refractivity contribution in [3.05, 3.63) is 137 Å². The van der Waals surface area contributed by atoms with Crippen LogP contribution < -0.4 is 0 Å². The van der Waals surface area contributed by atoms with Crippen LogP contribution in [0.25, 0.3) is 21.9 Å². The summed E-state index contributed by atoms with van der Waals surface area (Å²) < 4.78 is 0. The van der Waals surface area contributed by atoms with E-state index < -0.39 is 0 Å². The average Bonchev–Trinajstić information content (AvgIpc) is 2.86. The smallest absolute Gasteiger partial charge is 0.133 e. The summed E-state index contributed by atoms with van der Waals surface area (Å²) in [6, 6.07) is 38.2. The predicted molar refractivity (Wildman–Crippen MR) is 138 cm³/mol. The zero-order chi connectivity index (χ0) is 22.5. The molecule has 0 saturated carbocycles. The molecule has 0 radical (unpaired) electrons. The normalized spacial score (nSPS) is 11.2. The summed E-state index contributed by atoms with van der Waals surface area (Å²) >= 11 is 6.61. The summed E-state index contributed by atoms with van der Waals surface area (Å²) in [7, 11) is 0. The van der Waals surface area contributed by atoms with E-state index in [0.717, 1.165) is 24.2 Å². The minimum Gasteiger partial charge on any atom is -0.290 e. The second-order valence-corrected chi connectivity index (χ2v) is 8.68. The van der Waals surface area contributed by atoms with Gasteiger partial charge in [-0.2, -0.15) is 0 Å². The Labute approximate surface area is 200 Å². The highest BCUT2D eigenvalue weighted by atomic mass is 35.5. The zero-order valence-corrected chi connectivity index (χ0v) is 19.1. The summed E-state index contributed by atoms with van der Waals surface area (Å²) in [5.74, 6) is 0. The first-order valence-electron chi connectivity index (χ1n) is 11.2. The number of aromatic nitrogens is 1. The third-order valence-electron chi connectivity index (χ3n) is 5.90. The number of hydrogen-bond acceptors (Lipinski definition) is 2. The highest BCUT2D eigenvalue weighted by molar-refractivity contribution is 6.30. The molecule has 0 spiro atoms. The van der Waals surface area contributed by atoms with Crippen LogP contribution in [-0.4, -0.2) is 9.88 Å². The number of rotatable bonds is 7. The molecule has 0 atom stereocenters. The van der Waals surface area contributed by atoms with Gasteiger partial charge in [0.05, 0.1) is 0 Å². The summed E-state index contributed by atoms with van der Waals surface area (Å²) in [6.45, 7) is 2.39. The molecule has 0 N–H and O–H groups in total. The van der Waals surface area contributed by atoms with Crippen LogP contribution in [0.15, 0.2) is 115 Å². The minimum atomic E-state index is 0.560. The number of pyridine rings is 1. The highest BCUT2D eigenvalue weighted by Crippen LogP contribution is 2.30. The molecule has 2 nitrogen and oxygen atoms in total. The number of hydrogen-bond donors (Lipinski definition) is 0. The van der Waals surface area contributed by atoms with Gasteiger partial charge in [0.15, 0.2) is 0 Å². The molecule has 1 aromatic heterocycles. The van der Waals surface area contributed by atoms with Crippen LogP contribution in [0, 0.1) is 0 Å². The van der Waals surface area contributed by atoms with Crippen LogP contribution in [0.5, 0.6) is 0 Å². The second kappa shape index (κ2) is 9.99. The van der Waals surface area contributed by atoms with E-state index in [0.29, 0.717) is 11.7 Å². The van der Waals surface area contributed by atoms with Gasteiger partial charge in [-0.25, -0.2) is 4.98 Å². The summed E-state index contributed by atoms with van der Waals surface area (Å²) in [6.07, 6.45) is 1.88. The minimum absolute atomic E-state index is 0.560. The quantitative estimate of drug-likeness (QED) is 0.236. The van der Waals surface area contributed by atoms with Crippen LogP contribution in [0.1, 0.15) is 16.7 Å². The van der Waals surface area contributed by atoms with Crippen molar-refractivity contribution in [2.24, 2.45) is 0 Å². The lowest BCUT2D eigenvalue weighted by Crippen LogP contribution is -2.22. The number of nitrogens with zero attached hydrogens (tertiary/aromatic N) is 2. The van der Waals surface area contributed by atoms with Gasteiger partial charge in [0.1, 0.15) is 5.15 Å². The fourth-order valence-electron chi connectivity index (χ4n) is 4.32. The van der Waals surface area contributed by atoms with Gasteiger partial charge in [-0.05, 0) is 33.5 Å². The van der Waals surface area contributed by atoms with Crippen molar-refractivity contribution in [1.29, 1.82) is 0 Å². The van der Waals surface area contributed by atoms with Crippen LogP contribution in [0.4, 0.5) is 0 Å². The molecule has 5 aromatic rings. The molecule has 3 heteroatoms. The molecule has 0 fully saturated rings. The van der Waals surface area contributed by atoms with Crippen LogP contribution in [0.2, 0.25) is 5.15 Å². The van der Waals surface area contributed by atoms with Crippen molar-refractivity contribution in [2.45, 2.75) is 19.6 Å². The molecule has 4 aromatic carbocycles. The Balaban J connectivity index is 1.48. The monoisotopic (exact) mass is 448 g/mol. The van der Waals surface area contributed by atoms with Gasteiger partial charge in [-0.1, -0.05) is 115 Å². The molecule has 33 heavy (non-hydrogen) atoms. The van der Waals surface area contributed by atoms with Gasteiger partial charge in [0, 0.05) is 37.0 Å². The Morgan fingerprint density at radius 2 is 1.24 bits per heavy atom. The van der Waals surface area contributed by atoms with Crippen molar-refractivity contribution in [3.8, 4) is 11.1 Å². The molecule has 162 valence electrons. The topological polar surface area (TPSA) is 16.1 Å². The van der Waals surface area contributed by atoms with E-state index in [1.165, 1.54) is 27.5 Å². The van der Waals surface area contributed by atoms with E-state index in [4.69, 9.17) is 11.6 Å². The lowest BCUT2D eigenvalue weighted by Gasteiger charge is -2.23. The molecule has 0 aliphatic rings. The predicted octanol–water partition coefficient (Wildman–Crippen LogP) is 7.76. The molecule has 0 amide bonds. The van der Waals surface area contributed by atoms with E-state index >= 15 is 0 Å². The van der Waals surface area contributed by atoms with E-state index in [1.54, 1.807) is 0 Å². The van der Waals surface area contributed by atoms with E-state index in [9.17, 15) is 0 Å². The summed E-state index contributed by atoms with van der Waals surface area (Å²) in [4.78, 5) is 6.99. The van der Waals surface area contributed by atoms with Crippen molar-refractivity contribution in [2.75, 3.05) is 0 Å². The molecule has 0 bridgehead atoms. The van der Waals surface area contributed by atoms with Gasteiger partial charge in [0.2, 0.25) is 0 Å². The number of halogens is 1. The largest absolute Gasteiger partial charge is 0.290 e. The molecule has 1 heterocycles. The van der Waals surface area contributed by atoms with Gasteiger partial charge >= 0.3 is 0 Å². The van der Waals surface area contributed by atoms with Crippen molar-refractivity contribution in [1.82, 2.24) is 9.88 Å². The molecule has 0 saturated heterocycles. The Morgan fingerprint density at radius 1 is 0.636 bits per heavy atom. The third kappa shape index (κ3) is 5.14. The van der Waals surface area contributed by atoms with E-state index in [2.05, 4.69) is 119 Å². The Bertz CT molecular complexity index is 1300. The summed E-state index contributed by atoms with van der Waals surface area (Å²) in [5.41, 5.74) is 5.86. The lowest BCUT2D eigenvalue weighted by molar-refractivity contribution is 0.247. The lowest BCUT2D eigenvalue weighted by atomic mass is 9.98. The fraction of sp³-hybridized carbons (Fsp3) is 0.100. The van der Waals surface area contributed by atoms with Gasteiger partial charge in [-0.15, -0.1) is 0 Å². The first kappa shape index (κ1) is 21.4. The number of benzene rings is 4. The Morgan fingerprint density at radius 3 is 1.94 bits per heavy atom. The first-order chi connectivity index (χ1) is 16.3. The third-order valence-corrected chi connectivity index (χ3v) is 6.24. The molecular weight excluding hydrogens is 424 g/mol. The molecule has 0 aliphatic heterocycles. The van der Waals surface area contributed by atoms with Crippen LogP contribution >= 0.6 is 11.6 Å². The van der Waals surface area contributed by atoms with Crippen molar-refractivity contribution >= 4 is 22.4 Å². The molecule has 0 unspecified atom stereocenters. The first-order valence-corrected chi connectivity index (χ1v) is 11.6. The van der Waals surface area contributed by atoms with Crippen molar-refractivity contribution < 1.29 is 0 Å². The Hall–Kier alpha value is -3.46. The second-order valence-electron chi connectivity index (χ2n) is 8.32. The highest BCUT2D eigenvalue weighted by Gasteiger charge is 2.13. The van der Waals surface area contributed by atoms with Gasteiger partial charge < -0.3 is 0 Å². The standard InChI is InChI=1S/C30H25ClN2/c31-30-27(18-26(19-32-30)29-17-9-15-25-14-7-8-16-28(25)29)22-33(20-23-10-3-1-4-11-23)21-24-12-5-2-6-13-24/h1-19H,20-22H2. The number of fused-ring (bicyclic) bond motifs is 1. The Kier molecular flexibility index (Phi) is 6.48. The van der Waals surface area contributed by atoms with Crippen molar-refractivity contribution in [3.63, 3.8) is 0 Å². The fourth-order valence-corrected chi connectivity index (χ4v) is 4.48. The maximum Gasteiger partial charge on any atom is 0.133 e. The zero-order valence-electron chi connectivity index (χ0n) is 18.4. The molecule has 5 rings (SSSR count). The average molecular weight is 449 g/mol. The molecular formula is C30H25ClN2. The maximum absolute atomic E-state index is 6.61. The van der Waals surface area contributed by atoms with E-state index in [-0.39, 0.29) is 0 Å².